The quantitative estimate of drug-likeness (QED) is 0.379. The molecule has 2 heterocycles. The molecule has 0 spiro atoms. The highest BCUT2D eigenvalue weighted by atomic mass is 32.1. The van der Waals surface area contributed by atoms with Crippen molar-refractivity contribution in [2.45, 2.75) is 0 Å². The van der Waals surface area contributed by atoms with Crippen molar-refractivity contribution in [2.75, 3.05) is 7.11 Å². The van der Waals surface area contributed by atoms with Gasteiger partial charge in [0.15, 0.2) is 5.43 Å². The zero-order valence-corrected chi connectivity index (χ0v) is 15.1. The largest absolute Gasteiger partial charge is 0.497 e. The van der Waals surface area contributed by atoms with Crippen LogP contribution in [0.5, 0.6) is 11.5 Å². The number of benzene rings is 2. The number of methoxy groups -OCH3 is 1. The van der Waals surface area contributed by atoms with Gasteiger partial charge in [-0.25, -0.2) is 4.79 Å². The van der Waals surface area contributed by atoms with Crippen molar-refractivity contribution in [1.82, 2.24) is 0 Å². The Balaban J connectivity index is 1.67. The van der Waals surface area contributed by atoms with Gasteiger partial charge in [-0.3, -0.25) is 4.79 Å². The topological polar surface area (TPSA) is 65.7 Å². The maximum Gasteiger partial charge on any atom is 0.353 e. The summed E-state index contributed by atoms with van der Waals surface area (Å²) >= 11 is 1.30. The lowest BCUT2D eigenvalue weighted by atomic mass is 10.1. The van der Waals surface area contributed by atoms with Gasteiger partial charge in [0.2, 0.25) is 0 Å². The normalized spacial score (nSPS) is 10.7. The molecule has 0 saturated heterocycles. The number of carbonyl (C=O) groups excluding carboxylic acids is 1. The Hall–Kier alpha value is -3.38. The van der Waals surface area contributed by atoms with Gasteiger partial charge in [-0.1, -0.05) is 18.2 Å². The van der Waals surface area contributed by atoms with Crippen molar-refractivity contribution in [2.24, 2.45) is 0 Å². The molecule has 0 aliphatic heterocycles. The van der Waals surface area contributed by atoms with Gasteiger partial charge in [0, 0.05) is 6.07 Å². The number of thiophene rings is 1. The number of hydrogen-bond donors (Lipinski definition) is 0. The van der Waals surface area contributed by atoms with Crippen LogP contribution in [-0.2, 0) is 0 Å². The van der Waals surface area contributed by atoms with Crippen molar-refractivity contribution >= 4 is 28.3 Å². The highest BCUT2D eigenvalue weighted by Crippen LogP contribution is 2.25. The molecule has 0 aliphatic rings. The molecule has 0 saturated carbocycles. The second-order valence-corrected chi connectivity index (χ2v) is 6.68. The molecule has 0 fully saturated rings. The van der Waals surface area contributed by atoms with Gasteiger partial charge in [0.25, 0.3) is 0 Å². The Kier molecular flexibility index (Phi) is 4.48. The summed E-state index contributed by atoms with van der Waals surface area (Å²) in [4.78, 5) is 25.4. The first-order chi connectivity index (χ1) is 13.2. The Bertz CT molecular complexity index is 1160. The van der Waals surface area contributed by atoms with E-state index in [1.165, 1.54) is 17.6 Å². The summed E-state index contributed by atoms with van der Waals surface area (Å²) in [6.45, 7) is 0. The lowest BCUT2D eigenvalue weighted by molar-refractivity contribution is 0.0740. The van der Waals surface area contributed by atoms with Gasteiger partial charge in [-0.2, -0.15) is 0 Å². The molecular weight excluding hydrogens is 364 g/mol. The SMILES string of the molecule is COc1ccc(-c2coc3cc(OC(=O)c4cccs4)ccc3c2=O)cc1. The van der Waals surface area contributed by atoms with Crippen LogP contribution in [0, 0.1) is 0 Å². The van der Waals surface area contributed by atoms with Crippen molar-refractivity contribution < 1.29 is 18.7 Å². The number of fused-ring (bicyclic) bond motifs is 1. The van der Waals surface area contributed by atoms with E-state index in [2.05, 4.69) is 0 Å². The Morgan fingerprint density at radius 2 is 1.81 bits per heavy atom. The summed E-state index contributed by atoms with van der Waals surface area (Å²) in [5.74, 6) is 0.587. The third-order valence-electron chi connectivity index (χ3n) is 4.08. The van der Waals surface area contributed by atoms with Gasteiger partial charge >= 0.3 is 5.97 Å². The molecule has 0 bridgehead atoms. The number of rotatable bonds is 4. The lowest BCUT2D eigenvalue weighted by Crippen LogP contribution is -2.07. The van der Waals surface area contributed by atoms with Gasteiger partial charge in [-0.05, 0) is 41.3 Å². The zero-order valence-electron chi connectivity index (χ0n) is 14.3. The van der Waals surface area contributed by atoms with E-state index in [-0.39, 0.29) is 5.43 Å². The first-order valence-corrected chi connectivity index (χ1v) is 8.99. The minimum absolute atomic E-state index is 0.155. The lowest BCUT2D eigenvalue weighted by Gasteiger charge is -2.06. The fourth-order valence-corrected chi connectivity index (χ4v) is 3.29. The number of hydrogen-bond acceptors (Lipinski definition) is 6. The average Bonchev–Trinajstić information content (AvgIpc) is 3.23. The van der Waals surface area contributed by atoms with Gasteiger partial charge in [0.05, 0.1) is 18.1 Å². The highest BCUT2D eigenvalue weighted by molar-refractivity contribution is 7.12. The maximum atomic E-state index is 12.8. The van der Waals surface area contributed by atoms with Crippen LogP contribution in [0.4, 0.5) is 0 Å². The van der Waals surface area contributed by atoms with E-state index in [9.17, 15) is 9.59 Å². The smallest absolute Gasteiger partial charge is 0.353 e. The van der Waals surface area contributed by atoms with Crippen LogP contribution in [0.25, 0.3) is 22.1 Å². The summed E-state index contributed by atoms with van der Waals surface area (Å²) in [5.41, 5.74) is 1.39. The minimum Gasteiger partial charge on any atom is -0.497 e. The molecule has 4 rings (SSSR count). The van der Waals surface area contributed by atoms with Gasteiger partial charge in [-0.15, -0.1) is 11.3 Å². The number of esters is 1. The second kappa shape index (κ2) is 7.09. The molecule has 0 radical (unpaired) electrons. The summed E-state index contributed by atoms with van der Waals surface area (Å²) in [5, 5.41) is 2.22. The molecule has 2 aromatic heterocycles. The van der Waals surface area contributed by atoms with Crippen molar-refractivity contribution in [3.05, 3.63) is 81.3 Å². The summed E-state index contributed by atoms with van der Waals surface area (Å²) < 4.78 is 16.1. The Morgan fingerprint density at radius 1 is 1.04 bits per heavy atom. The van der Waals surface area contributed by atoms with Crippen molar-refractivity contribution in [1.29, 1.82) is 0 Å². The fraction of sp³-hybridized carbons (Fsp3) is 0.0476. The molecule has 0 unspecified atom stereocenters. The highest BCUT2D eigenvalue weighted by Gasteiger charge is 2.13. The third kappa shape index (κ3) is 3.35. The second-order valence-electron chi connectivity index (χ2n) is 5.73. The monoisotopic (exact) mass is 378 g/mol. The average molecular weight is 378 g/mol. The first-order valence-electron chi connectivity index (χ1n) is 8.11. The number of carbonyl (C=O) groups is 1. The predicted octanol–water partition coefficient (Wildman–Crippen LogP) is 4.75. The molecule has 0 N–H and O–H groups in total. The molecule has 5 nitrogen and oxygen atoms in total. The van der Waals surface area contributed by atoms with E-state index >= 15 is 0 Å². The van der Waals surface area contributed by atoms with Crippen molar-refractivity contribution in [3.63, 3.8) is 0 Å². The molecule has 6 heteroatoms. The molecule has 0 aliphatic carbocycles. The van der Waals surface area contributed by atoms with Crippen molar-refractivity contribution in [3.8, 4) is 22.6 Å². The van der Waals surface area contributed by atoms with E-state index in [0.717, 1.165) is 5.56 Å². The van der Waals surface area contributed by atoms with Crippen LogP contribution in [0.15, 0.2) is 75.5 Å². The molecule has 2 aromatic carbocycles. The summed E-state index contributed by atoms with van der Waals surface area (Å²) in [6.07, 6.45) is 1.41. The van der Waals surface area contributed by atoms with Crippen LogP contribution in [0.1, 0.15) is 9.67 Å². The molecule has 27 heavy (non-hydrogen) atoms. The van der Waals surface area contributed by atoms with E-state index in [0.29, 0.717) is 32.9 Å². The van der Waals surface area contributed by atoms with Crippen LogP contribution in [0.2, 0.25) is 0 Å². The summed E-state index contributed by atoms with van der Waals surface area (Å²) in [7, 11) is 1.59. The molecule has 0 amide bonds. The number of ether oxygens (including phenoxy) is 2. The molecule has 4 aromatic rings. The van der Waals surface area contributed by atoms with Crippen LogP contribution in [0.3, 0.4) is 0 Å². The zero-order chi connectivity index (χ0) is 18.8. The molecular formula is C21H14O5S. The molecule has 134 valence electrons. The maximum absolute atomic E-state index is 12.8. The van der Waals surface area contributed by atoms with E-state index in [1.54, 1.807) is 67.1 Å². The fourth-order valence-electron chi connectivity index (χ4n) is 2.69. The van der Waals surface area contributed by atoms with Gasteiger partial charge < -0.3 is 13.9 Å². The standard InChI is InChI=1S/C21H14O5S/c1-24-14-6-4-13(5-7-14)17-12-25-18-11-15(8-9-16(18)20(17)22)26-21(23)19-3-2-10-27-19/h2-12H,1H3. The third-order valence-corrected chi connectivity index (χ3v) is 4.93. The Labute approximate surface area is 158 Å². The summed E-state index contributed by atoms with van der Waals surface area (Å²) in [6, 6.07) is 15.4. The molecule has 0 atom stereocenters. The Morgan fingerprint density at radius 3 is 2.52 bits per heavy atom. The first kappa shape index (κ1) is 17.1. The minimum atomic E-state index is -0.443. The van der Waals surface area contributed by atoms with Crippen LogP contribution >= 0.6 is 11.3 Å². The predicted molar refractivity (Wildman–Crippen MR) is 104 cm³/mol. The van der Waals surface area contributed by atoms with Crippen LogP contribution < -0.4 is 14.9 Å². The van der Waals surface area contributed by atoms with E-state index in [1.807, 2.05) is 0 Å². The van der Waals surface area contributed by atoms with Crippen LogP contribution in [-0.4, -0.2) is 13.1 Å². The van der Waals surface area contributed by atoms with Gasteiger partial charge in [0.1, 0.15) is 28.2 Å². The van der Waals surface area contributed by atoms with E-state index in [4.69, 9.17) is 13.9 Å². The van der Waals surface area contributed by atoms with E-state index < -0.39 is 5.97 Å².